The van der Waals surface area contributed by atoms with Gasteiger partial charge in [-0.1, -0.05) is 25.1 Å². The van der Waals surface area contributed by atoms with E-state index in [0.717, 1.165) is 17.2 Å². The van der Waals surface area contributed by atoms with E-state index in [2.05, 4.69) is 5.32 Å². The summed E-state index contributed by atoms with van der Waals surface area (Å²) in [7, 11) is 0. The van der Waals surface area contributed by atoms with Crippen LogP contribution < -0.4 is 10.1 Å². The molecule has 2 aromatic rings. The average molecular weight is 243 g/mol. The zero-order chi connectivity index (χ0) is 12.8. The summed E-state index contributed by atoms with van der Waals surface area (Å²) in [4.78, 5) is 11.2. The first-order valence-electron chi connectivity index (χ1n) is 5.91. The molecule has 0 aliphatic carbocycles. The highest BCUT2D eigenvalue weighted by Gasteiger charge is 2.00. The first kappa shape index (κ1) is 12.2. The Balaban J connectivity index is 0.00000180. The largest absolute Gasteiger partial charge is 0.457 e. The predicted molar refractivity (Wildman–Crippen MR) is 74.0 cm³/mol. The maximum Gasteiger partial charge on any atom is 0.224 e. The molecule has 0 aliphatic rings. The normalized spacial score (nSPS) is 9.83. The van der Waals surface area contributed by atoms with Crippen molar-refractivity contribution in [2.24, 2.45) is 0 Å². The standard InChI is InChI=1S/C15H15NO2.H2/c1-2-15(17)16-12-8-10-14(11-9-12)18-13-6-4-3-5-7-13;/h3-11H,2H2,1H3,(H,16,17);1H. The number of hydrogen-bond acceptors (Lipinski definition) is 2. The summed E-state index contributed by atoms with van der Waals surface area (Å²) in [6, 6.07) is 16.9. The molecule has 94 valence electrons. The van der Waals surface area contributed by atoms with Crippen LogP contribution in [0.1, 0.15) is 14.8 Å². The number of hydrogen-bond donors (Lipinski definition) is 1. The van der Waals surface area contributed by atoms with Crippen molar-refractivity contribution >= 4 is 11.6 Å². The first-order chi connectivity index (χ1) is 8.78. The van der Waals surface area contributed by atoms with Crippen molar-refractivity contribution in [2.75, 3.05) is 5.32 Å². The summed E-state index contributed by atoms with van der Waals surface area (Å²) >= 11 is 0. The van der Waals surface area contributed by atoms with E-state index in [0.29, 0.717) is 6.42 Å². The van der Waals surface area contributed by atoms with Gasteiger partial charge in [0.2, 0.25) is 5.91 Å². The predicted octanol–water partition coefficient (Wildman–Crippen LogP) is 4.07. The molecule has 0 aromatic heterocycles. The summed E-state index contributed by atoms with van der Waals surface area (Å²) in [6.07, 6.45) is 0.474. The van der Waals surface area contributed by atoms with E-state index < -0.39 is 0 Å². The molecule has 2 rings (SSSR count). The van der Waals surface area contributed by atoms with Gasteiger partial charge in [0.05, 0.1) is 0 Å². The maximum atomic E-state index is 11.2. The minimum Gasteiger partial charge on any atom is -0.457 e. The summed E-state index contributed by atoms with van der Waals surface area (Å²) in [5.41, 5.74) is 0.780. The number of benzene rings is 2. The van der Waals surface area contributed by atoms with Crippen LogP contribution in [0.25, 0.3) is 0 Å². The van der Waals surface area contributed by atoms with E-state index in [-0.39, 0.29) is 7.33 Å². The quantitative estimate of drug-likeness (QED) is 0.878. The molecule has 0 fully saturated rings. The fraction of sp³-hybridized carbons (Fsp3) is 0.133. The summed E-state index contributed by atoms with van der Waals surface area (Å²) in [6.45, 7) is 1.82. The minimum atomic E-state index is 0. The van der Waals surface area contributed by atoms with Crippen LogP contribution in [0, 0.1) is 0 Å². The molecule has 18 heavy (non-hydrogen) atoms. The molecule has 0 aliphatic heterocycles. The van der Waals surface area contributed by atoms with Crippen molar-refractivity contribution in [3.05, 3.63) is 54.6 Å². The topological polar surface area (TPSA) is 38.3 Å². The molecule has 3 heteroatoms. The second-order valence-corrected chi connectivity index (χ2v) is 3.84. The molecule has 0 bridgehead atoms. The van der Waals surface area contributed by atoms with Crippen molar-refractivity contribution in [3.8, 4) is 11.5 Å². The van der Waals surface area contributed by atoms with Crippen molar-refractivity contribution in [2.45, 2.75) is 13.3 Å². The monoisotopic (exact) mass is 243 g/mol. The van der Waals surface area contributed by atoms with E-state index in [4.69, 9.17) is 4.74 Å². The van der Waals surface area contributed by atoms with Gasteiger partial charge in [-0.15, -0.1) is 0 Å². The molecule has 2 aromatic carbocycles. The lowest BCUT2D eigenvalue weighted by atomic mass is 10.3. The lowest BCUT2D eigenvalue weighted by Crippen LogP contribution is -2.08. The van der Waals surface area contributed by atoms with Crippen molar-refractivity contribution in [1.82, 2.24) is 0 Å². The van der Waals surface area contributed by atoms with E-state index in [1.165, 1.54) is 0 Å². The summed E-state index contributed by atoms with van der Waals surface area (Å²) in [5, 5.41) is 2.79. The van der Waals surface area contributed by atoms with Crippen LogP contribution in [-0.2, 0) is 4.79 Å². The van der Waals surface area contributed by atoms with Crippen LogP contribution in [0.4, 0.5) is 5.69 Å². The Morgan fingerprint density at radius 3 is 2.28 bits per heavy atom. The summed E-state index contributed by atoms with van der Waals surface area (Å²) in [5.74, 6) is 1.55. The van der Waals surface area contributed by atoms with Crippen molar-refractivity contribution < 1.29 is 11.0 Å². The van der Waals surface area contributed by atoms with Gasteiger partial charge in [-0.2, -0.15) is 0 Å². The maximum absolute atomic E-state index is 11.2. The number of rotatable bonds is 4. The molecule has 1 N–H and O–H groups in total. The van der Waals surface area contributed by atoms with Crippen LogP contribution in [0.3, 0.4) is 0 Å². The lowest BCUT2D eigenvalue weighted by Gasteiger charge is -2.07. The fourth-order valence-corrected chi connectivity index (χ4v) is 1.48. The van der Waals surface area contributed by atoms with Crippen molar-refractivity contribution in [3.63, 3.8) is 0 Å². The highest BCUT2D eigenvalue weighted by atomic mass is 16.5. The third-order valence-corrected chi connectivity index (χ3v) is 2.44. The number of anilines is 1. The van der Waals surface area contributed by atoms with Gasteiger partial charge in [0.15, 0.2) is 0 Å². The van der Waals surface area contributed by atoms with Crippen LogP contribution in [0.5, 0.6) is 11.5 Å². The molecule has 0 saturated carbocycles. The fourth-order valence-electron chi connectivity index (χ4n) is 1.48. The molecule has 0 saturated heterocycles. The molecule has 3 nitrogen and oxygen atoms in total. The molecule has 1 amide bonds. The zero-order valence-electron chi connectivity index (χ0n) is 10.2. The van der Waals surface area contributed by atoms with E-state index in [1.807, 2.05) is 61.5 Å². The lowest BCUT2D eigenvalue weighted by molar-refractivity contribution is -0.115. The van der Waals surface area contributed by atoms with Crippen molar-refractivity contribution in [1.29, 1.82) is 0 Å². The molecule has 0 unspecified atom stereocenters. The van der Waals surface area contributed by atoms with Crippen LogP contribution in [-0.4, -0.2) is 5.91 Å². The van der Waals surface area contributed by atoms with Crippen LogP contribution in [0.15, 0.2) is 54.6 Å². The highest BCUT2D eigenvalue weighted by molar-refractivity contribution is 5.90. The molecular formula is C15H17NO2. The Hall–Kier alpha value is -2.29. The first-order valence-corrected chi connectivity index (χ1v) is 5.91. The Kier molecular flexibility index (Phi) is 3.97. The third-order valence-electron chi connectivity index (χ3n) is 2.44. The van der Waals surface area contributed by atoms with Crippen LogP contribution in [0.2, 0.25) is 0 Å². The third kappa shape index (κ3) is 3.35. The Labute approximate surface area is 108 Å². The Morgan fingerprint density at radius 1 is 1.06 bits per heavy atom. The van der Waals surface area contributed by atoms with E-state index in [1.54, 1.807) is 0 Å². The van der Waals surface area contributed by atoms with Gasteiger partial charge in [0.25, 0.3) is 0 Å². The van der Waals surface area contributed by atoms with Gasteiger partial charge in [-0.25, -0.2) is 0 Å². The Bertz CT molecular complexity index is 511. The number of para-hydroxylation sites is 1. The minimum absolute atomic E-state index is 0. The van der Waals surface area contributed by atoms with E-state index >= 15 is 0 Å². The molecule has 0 heterocycles. The molecular weight excluding hydrogens is 226 g/mol. The van der Waals surface area contributed by atoms with Gasteiger partial charge in [-0.05, 0) is 36.4 Å². The molecule has 0 radical (unpaired) electrons. The number of amides is 1. The molecule has 0 spiro atoms. The average Bonchev–Trinajstić information content (AvgIpc) is 2.42. The number of carbonyl (C=O) groups is 1. The smallest absolute Gasteiger partial charge is 0.224 e. The SMILES string of the molecule is CCC(=O)Nc1ccc(Oc2ccccc2)cc1.[HH]. The summed E-state index contributed by atoms with van der Waals surface area (Å²) < 4.78 is 5.65. The van der Waals surface area contributed by atoms with Gasteiger partial charge in [0, 0.05) is 13.5 Å². The van der Waals surface area contributed by atoms with Gasteiger partial charge >= 0.3 is 0 Å². The van der Waals surface area contributed by atoms with E-state index in [9.17, 15) is 4.79 Å². The molecule has 0 atom stereocenters. The second kappa shape index (κ2) is 5.87. The van der Waals surface area contributed by atoms with Crippen LogP contribution >= 0.6 is 0 Å². The number of ether oxygens (including phenoxy) is 1. The van der Waals surface area contributed by atoms with Gasteiger partial charge in [-0.3, -0.25) is 4.79 Å². The highest BCUT2D eigenvalue weighted by Crippen LogP contribution is 2.22. The van der Waals surface area contributed by atoms with Gasteiger partial charge < -0.3 is 10.1 Å². The van der Waals surface area contributed by atoms with Gasteiger partial charge in [0.1, 0.15) is 11.5 Å². The number of nitrogens with one attached hydrogen (secondary N) is 1. The second-order valence-electron chi connectivity index (χ2n) is 3.84. The Morgan fingerprint density at radius 2 is 1.67 bits per heavy atom. The zero-order valence-corrected chi connectivity index (χ0v) is 10.2. The number of carbonyl (C=O) groups excluding carboxylic acids is 1.